The van der Waals surface area contributed by atoms with E-state index in [1.165, 1.54) is 12.1 Å². The van der Waals surface area contributed by atoms with Crippen LogP contribution in [0.5, 0.6) is 0 Å². The number of nitrogens with two attached hydrogens (primary N) is 1. The summed E-state index contributed by atoms with van der Waals surface area (Å²) in [6, 6.07) is 3.50. The highest BCUT2D eigenvalue weighted by Gasteiger charge is 2.36. The molecule has 2 unspecified atom stereocenters. The van der Waals surface area contributed by atoms with E-state index in [0.717, 1.165) is 25.5 Å². The number of benzene rings is 1. The second-order valence-electron chi connectivity index (χ2n) is 4.94. The Morgan fingerprint density at radius 3 is 2.63 bits per heavy atom. The molecule has 0 aliphatic carbocycles. The van der Waals surface area contributed by atoms with Crippen LogP contribution in [0.3, 0.4) is 0 Å². The minimum Gasteiger partial charge on any atom is -0.398 e. The van der Waals surface area contributed by atoms with Gasteiger partial charge in [0.2, 0.25) is 0 Å². The maximum atomic E-state index is 12.8. The molecule has 19 heavy (non-hydrogen) atoms. The van der Waals surface area contributed by atoms with Gasteiger partial charge in [0.25, 0.3) is 0 Å². The van der Waals surface area contributed by atoms with Crippen LogP contribution in [0.15, 0.2) is 18.2 Å². The van der Waals surface area contributed by atoms with Crippen LogP contribution in [-0.2, 0) is 6.18 Å². The molecular weight excluding hydrogens is 257 g/mol. The fourth-order valence-corrected chi connectivity index (χ4v) is 2.63. The number of hydrogen-bond acceptors (Lipinski definition) is 3. The van der Waals surface area contributed by atoms with Gasteiger partial charge in [-0.25, -0.2) is 0 Å². The molecule has 1 aromatic carbocycles. The third kappa shape index (κ3) is 2.69. The summed E-state index contributed by atoms with van der Waals surface area (Å²) < 4.78 is 38.3. The lowest BCUT2D eigenvalue weighted by Gasteiger charge is -2.27. The first-order valence-electron chi connectivity index (χ1n) is 6.16. The van der Waals surface area contributed by atoms with E-state index in [9.17, 15) is 18.3 Å². The Hall–Kier alpha value is -1.27. The van der Waals surface area contributed by atoms with Crippen molar-refractivity contribution in [3.63, 3.8) is 0 Å². The number of hydrogen-bond donors (Lipinski definition) is 2. The summed E-state index contributed by atoms with van der Waals surface area (Å²) in [5.74, 6) is 0. The van der Waals surface area contributed by atoms with Gasteiger partial charge >= 0.3 is 6.18 Å². The van der Waals surface area contributed by atoms with E-state index in [4.69, 9.17) is 5.73 Å². The molecular formula is C13H17F3N2O. The zero-order chi connectivity index (χ0) is 14.2. The Morgan fingerprint density at radius 2 is 2.11 bits per heavy atom. The Morgan fingerprint density at radius 1 is 1.42 bits per heavy atom. The van der Waals surface area contributed by atoms with Crippen LogP contribution in [0, 0.1) is 0 Å². The van der Waals surface area contributed by atoms with Crippen LogP contribution in [0.4, 0.5) is 18.9 Å². The van der Waals surface area contributed by atoms with Crippen LogP contribution in [-0.4, -0.2) is 29.6 Å². The number of aliphatic hydroxyl groups is 1. The predicted molar refractivity (Wildman–Crippen MR) is 66.5 cm³/mol. The highest BCUT2D eigenvalue weighted by atomic mass is 19.4. The molecule has 1 aromatic rings. The number of halogens is 3. The summed E-state index contributed by atoms with van der Waals surface area (Å²) in [5, 5.41) is 10.3. The van der Waals surface area contributed by atoms with Crippen molar-refractivity contribution in [2.75, 3.05) is 19.3 Å². The van der Waals surface area contributed by atoms with Gasteiger partial charge in [-0.1, -0.05) is 12.1 Å². The molecule has 3 nitrogen and oxygen atoms in total. The van der Waals surface area contributed by atoms with Crippen LogP contribution >= 0.6 is 0 Å². The standard InChI is InChI=1S/C13H17F3N2O/c1-18-7-3-6-10(18)12(19)8-4-2-5-9(11(8)17)13(14,15)16/h2,4-5,10,12,19H,3,6-7,17H2,1H3. The lowest BCUT2D eigenvalue weighted by molar-refractivity contribution is -0.137. The van der Waals surface area contributed by atoms with Crippen LogP contribution in [0.25, 0.3) is 0 Å². The summed E-state index contributed by atoms with van der Waals surface area (Å²) >= 11 is 0. The van der Waals surface area contributed by atoms with Gasteiger partial charge in [0, 0.05) is 17.3 Å². The van der Waals surface area contributed by atoms with Gasteiger partial charge in [0.15, 0.2) is 0 Å². The number of likely N-dealkylation sites (N-methyl/N-ethyl adjacent to an activating group) is 1. The van der Waals surface area contributed by atoms with Crippen LogP contribution in [0.2, 0.25) is 0 Å². The maximum absolute atomic E-state index is 12.8. The molecule has 1 fully saturated rings. The SMILES string of the molecule is CN1CCCC1C(O)c1cccc(C(F)(F)F)c1N. The molecule has 2 atom stereocenters. The third-order valence-electron chi connectivity index (χ3n) is 3.71. The molecule has 0 saturated carbocycles. The molecule has 6 heteroatoms. The quantitative estimate of drug-likeness (QED) is 0.814. The fourth-order valence-electron chi connectivity index (χ4n) is 2.63. The van der Waals surface area contributed by atoms with E-state index in [-0.39, 0.29) is 17.3 Å². The van der Waals surface area contributed by atoms with Gasteiger partial charge in [0.1, 0.15) is 0 Å². The van der Waals surface area contributed by atoms with Crippen molar-refractivity contribution in [3.05, 3.63) is 29.3 Å². The highest BCUT2D eigenvalue weighted by Crippen LogP contribution is 2.38. The zero-order valence-electron chi connectivity index (χ0n) is 10.6. The monoisotopic (exact) mass is 274 g/mol. The lowest BCUT2D eigenvalue weighted by atomic mass is 9.96. The van der Waals surface area contributed by atoms with E-state index in [1.807, 2.05) is 11.9 Å². The first-order valence-corrected chi connectivity index (χ1v) is 6.16. The van der Waals surface area contributed by atoms with Crippen molar-refractivity contribution in [3.8, 4) is 0 Å². The van der Waals surface area contributed by atoms with Crippen LogP contribution in [0.1, 0.15) is 30.1 Å². The molecule has 106 valence electrons. The Balaban J connectivity index is 2.35. The summed E-state index contributed by atoms with van der Waals surface area (Å²) in [5.41, 5.74) is 4.49. The number of rotatable bonds is 2. The van der Waals surface area contributed by atoms with E-state index >= 15 is 0 Å². The number of nitrogen functional groups attached to an aromatic ring is 1. The Labute approximate surface area is 109 Å². The molecule has 0 amide bonds. The molecule has 2 rings (SSSR count). The second kappa shape index (κ2) is 5.02. The lowest BCUT2D eigenvalue weighted by Crippen LogP contribution is -2.31. The average molecular weight is 274 g/mol. The van der Waals surface area contributed by atoms with Crippen molar-refractivity contribution >= 4 is 5.69 Å². The molecule has 1 aliphatic rings. The number of likely N-dealkylation sites (tertiary alicyclic amines) is 1. The first kappa shape index (κ1) is 14.1. The minimum absolute atomic E-state index is 0.161. The van der Waals surface area contributed by atoms with Gasteiger partial charge in [0.05, 0.1) is 11.7 Å². The molecule has 0 spiro atoms. The average Bonchev–Trinajstić information content (AvgIpc) is 2.73. The normalized spacial score (nSPS) is 22.7. The summed E-state index contributed by atoms with van der Waals surface area (Å²) in [7, 11) is 1.85. The topological polar surface area (TPSA) is 49.5 Å². The zero-order valence-corrected chi connectivity index (χ0v) is 10.6. The smallest absolute Gasteiger partial charge is 0.398 e. The van der Waals surface area contributed by atoms with Crippen molar-refractivity contribution in [1.82, 2.24) is 4.90 Å². The maximum Gasteiger partial charge on any atom is 0.418 e. The van der Waals surface area contributed by atoms with E-state index in [0.29, 0.717) is 0 Å². The molecule has 3 N–H and O–H groups in total. The van der Waals surface area contributed by atoms with E-state index < -0.39 is 17.8 Å². The van der Waals surface area contributed by atoms with Crippen molar-refractivity contribution in [1.29, 1.82) is 0 Å². The number of alkyl halides is 3. The second-order valence-corrected chi connectivity index (χ2v) is 4.94. The first-order chi connectivity index (χ1) is 8.82. The van der Waals surface area contributed by atoms with E-state index in [1.54, 1.807) is 0 Å². The van der Waals surface area contributed by atoms with Crippen molar-refractivity contribution in [2.45, 2.75) is 31.2 Å². The van der Waals surface area contributed by atoms with Crippen LogP contribution < -0.4 is 5.73 Å². The Kier molecular flexibility index (Phi) is 3.73. The number of para-hydroxylation sites is 1. The molecule has 1 heterocycles. The minimum atomic E-state index is -4.50. The summed E-state index contributed by atoms with van der Waals surface area (Å²) in [6.45, 7) is 0.834. The summed E-state index contributed by atoms with van der Waals surface area (Å²) in [6.07, 6.45) is -3.80. The van der Waals surface area contributed by atoms with Gasteiger partial charge in [-0.2, -0.15) is 13.2 Å². The number of anilines is 1. The largest absolute Gasteiger partial charge is 0.418 e. The molecule has 0 bridgehead atoms. The molecule has 0 aromatic heterocycles. The molecule has 0 radical (unpaired) electrons. The third-order valence-corrected chi connectivity index (χ3v) is 3.71. The fraction of sp³-hybridized carbons (Fsp3) is 0.538. The molecule has 1 aliphatic heterocycles. The number of nitrogens with zero attached hydrogens (tertiary/aromatic N) is 1. The van der Waals surface area contributed by atoms with Gasteiger partial charge < -0.3 is 15.7 Å². The Bertz CT molecular complexity index is 462. The number of aliphatic hydroxyl groups excluding tert-OH is 1. The van der Waals surface area contributed by atoms with Crippen molar-refractivity contribution in [2.24, 2.45) is 0 Å². The molecule has 1 saturated heterocycles. The van der Waals surface area contributed by atoms with Crippen molar-refractivity contribution < 1.29 is 18.3 Å². The highest BCUT2D eigenvalue weighted by molar-refractivity contribution is 5.56. The van der Waals surface area contributed by atoms with Gasteiger partial charge in [-0.15, -0.1) is 0 Å². The summed E-state index contributed by atoms with van der Waals surface area (Å²) in [4.78, 5) is 1.95. The van der Waals surface area contributed by atoms with E-state index in [2.05, 4.69) is 0 Å². The van der Waals surface area contributed by atoms with Gasteiger partial charge in [-0.3, -0.25) is 0 Å². The van der Waals surface area contributed by atoms with Gasteiger partial charge in [-0.05, 0) is 32.5 Å². The predicted octanol–water partition coefficient (Wildman–Crippen LogP) is 2.42.